The molecule has 8 aromatic carbocycles. The van der Waals surface area contributed by atoms with Crippen molar-refractivity contribution in [2.45, 2.75) is 38.1 Å². The third-order valence-corrected chi connectivity index (χ3v) is 12.3. The predicted molar refractivity (Wildman–Crippen MR) is 241 cm³/mol. The molecular formula is C54H43N3. The normalized spacial score (nSPS) is 13.5. The maximum atomic E-state index is 2.66. The van der Waals surface area contributed by atoms with Crippen LogP contribution < -0.4 is 4.90 Å². The lowest BCUT2D eigenvalue weighted by molar-refractivity contribution is 0.367. The summed E-state index contributed by atoms with van der Waals surface area (Å²) in [7, 11) is 0. The molecule has 274 valence electrons. The molecule has 57 heavy (non-hydrogen) atoms. The molecule has 2 heterocycles. The van der Waals surface area contributed by atoms with Gasteiger partial charge >= 0.3 is 0 Å². The molecule has 0 bridgehead atoms. The lowest BCUT2D eigenvalue weighted by atomic mass is 9.95. The van der Waals surface area contributed by atoms with Crippen LogP contribution in [0.15, 0.2) is 194 Å². The van der Waals surface area contributed by atoms with Gasteiger partial charge in [-0.25, -0.2) is 0 Å². The molecule has 1 fully saturated rings. The Labute approximate surface area is 333 Å². The van der Waals surface area contributed by atoms with E-state index in [0.717, 1.165) is 22.7 Å². The fourth-order valence-corrected chi connectivity index (χ4v) is 9.62. The van der Waals surface area contributed by atoms with Crippen LogP contribution in [0, 0.1) is 0 Å². The van der Waals surface area contributed by atoms with Crippen LogP contribution >= 0.6 is 0 Å². The van der Waals surface area contributed by atoms with Gasteiger partial charge < -0.3 is 14.0 Å². The molecule has 10 aromatic rings. The van der Waals surface area contributed by atoms with Crippen molar-refractivity contribution in [3.8, 4) is 27.9 Å². The van der Waals surface area contributed by atoms with Crippen molar-refractivity contribution < 1.29 is 0 Å². The van der Waals surface area contributed by atoms with Crippen molar-refractivity contribution in [2.75, 3.05) is 4.90 Å². The number of hydrogen-bond acceptors (Lipinski definition) is 1. The van der Waals surface area contributed by atoms with Gasteiger partial charge in [0.1, 0.15) is 0 Å². The molecule has 1 saturated carbocycles. The molecule has 0 amide bonds. The minimum absolute atomic E-state index is 0.552. The molecule has 0 unspecified atom stereocenters. The second-order valence-electron chi connectivity index (χ2n) is 15.6. The highest BCUT2D eigenvalue weighted by Gasteiger charge is 2.23. The smallest absolute Gasteiger partial charge is 0.0562 e. The Hall–Kier alpha value is -6.84. The maximum absolute atomic E-state index is 2.66. The Kier molecular flexibility index (Phi) is 8.24. The summed E-state index contributed by atoms with van der Waals surface area (Å²) in [5.74, 6) is 0. The van der Waals surface area contributed by atoms with Gasteiger partial charge in [0.2, 0.25) is 0 Å². The first kappa shape index (κ1) is 33.5. The van der Waals surface area contributed by atoms with Crippen molar-refractivity contribution in [1.82, 2.24) is 9.13 Å². The zero-order valence-electron chi connectivity index (χ0n) is 31.9. The van der Waals surface area contributed by atoms with Gasteiger partial charge in [0.15, 0.2) is 0 Å². The minimum atomic E-state index is 0.552. The van der Waals surface area contributed by atoms with Crippen molar-refractivity contribution in [1.29, 1.82) is 0 Å². The van der Waals surface area contributed by atoms with Gasteiger partial charge in [-0.3, -0.25) is 0 Å². The summed E-state index contributed by atoms with van der Waals surface area (Å²) in [6, 6.07) is 71.8. The van der Waals surface area contributed by atoms with E-state index in [1.165, 1.54) is 98.0 Å². The highest BCUT2D eigenvalue weighted by atomic mass is 15.1. The SMILES string of the molecule is c1ccc(-c2ccc(N(c3ccc(-c4ccc5c6ccccc6n(C6CCCCC6)c5c4)cc3)c3cccc4c3c3ccccc3n4-c3ccccc3)cc2)cc1. The van der Waals surface area contributed by atoms with Gasteiger partial charge in [0.25, 0.3) is 0 Å². The van der Waals surface area contributed by atoms with Crippen molar-refractivity contribution in [2.24, 2.45) is 0 Å². The monoisotopic (exact) mass is 733 g/mol. The van der Waals surface area contributed by atoms with Crippen LogP contribution in [-0.2, 0) is 0 Å². The molecule has 0 atom stereocenters. The summed E-state index contributed by atoms with van der Waals surface area (Å²) in [5.41, 5.74) is 14.5. The quantitative estimate of drug-likeness (QED) is 0.159. The van der Waals surface area contributed by atoms with Crippen LogP contribution in [0.3, 0.4) is 0 Å². The third kappa shape index (κ3) is 5.73. The van der Waals surface area contributed by atoms with Gasteiger partial charge in [-0.2, -0.15) is 0 Å². The highest BCUT2D eigenvalue weighted by molar-refractivity contribution is 6.16. The molecule has 1 aliphatic rings. The molecule has 2 aromatic heterocycles. The molecule has 0 radical (unpaired) electrons. The molecule has 3 nitrogen and oxygen atoms in total. The number of hydrogen-bond donors (Lipinski definition) is 0. The van der Waals surface area contributed by atoms with Crippen LogP contribution in [0.4, 0.5) is 17.1 Å². The highest BCUT2D eigenvalue weighted by Crippen LogP contribution is 2.45. The van der Waals surface area contributed by atoms with E-state index in [0.29, 0.717) is 6.04 Å². The van der Waals surface area contributed by atoms with Crippen molar-refractivity contribution >= 4 is 60.7 Å². The van der Waals surface area contributed by atoms with E-state index in [1.807, 2.05) is 0 Å². The van der Waals surface area contributed by atoms with Gasteiger partial charge in [0.05, 0.1) is 16.7 Å². The molecule has 0 saturated heterocycles. The Balaban J connectivity index is 1.07. The average molecular weight is 734 g/mol. The Bertz CT molecular complexity index is 3020. The largest absolute Gasteiger partial charge is 0.337 e. The van der Waals surface area contributed by atoms with Crippen molar-refractivity contribution in [3.05, 3.63) is 194 Å². The molecule has 11 rings (SSSR count). The molecule has 3 heteroatoms. The van der Waals surface area contributed by atoms with Crippen LogP contribution in [0.2, 0.25) is 0 Å². The minimum Gasteiger partial charge on any atom is -0.337 e. The lowest BCUT2D eigenvalue weighted by Crippen LogP contribution is -2.12. The number of anilines is 3. The fraction of sp³-hybridized carbons (Fsp3) is 0.111. The Morgan fingerprint density at radius 3 is 1.65 bits per heavy atom. The third-order valence-electron chi connectivity index (χ3n) is 12.3. The van der Waals surface area contributed by atoms with Gasteiger partial charge in [-0.05, 0) is 102 Å². The van der Waals surface area contributed by atoms with E-state index >= 15 is 0 Å². The molecule has 0 N–H and O–H groups in total. The number of nitrogens with zero attached hydrogens (tertiary/aromatic N) is 3. The van der Waals surface area contributed by atoms with E-state index in [-0.39, 0.29) is 0 Å². The van der Waals surface area contributed by atoms with Crippen LogP contribution in [0.5, 0.6) is 0 Å². The second kappa shape index (κ2) is 14.0. The van der Waals surface area contributed by atoms with Gasteiger partial charge in [-0.1, -0.05) is 147 Å². The topological polar surface area (TPSA) is 13.1 Å². The summed E-state index contributed by atoms with van der Waals surface area (Å²) in [6.45, 7) is 0. The van der Waals surface area contributed by atoms with Crippen molar-refractivity contribution in [3.63, 3.8) is 0 Å². The number of fused-ring (bicyclic) bond motifs is 6. The number of rotatable bonds is 7. The van der Waals surface area contributed by atoms with Crippen LogP contribution in [0.1, 0.15) is 38.1 Å². The number of benzene rings is 8. The summed E-state index contributed by atoms with van der Waals surface area (Å²) in [6.07, 6.45) is 6.48. The second-order valence-corrected chi connectivity index (χ2v) is 15.6. The lowest BCUT2D eigenvalue weighted by Gasteiger charge is -2.27. The van der Waals surface area contributed by atoms with Crippen LogP contribution in [0.25, 0.3) is 71.6 Å². The summed E-state index contributed by atoms with van der Waals surface area (Å²) >= 11 is 0. The van der Waals surface area contributed by atoms with E-state index in [1.54, 1.807) is 0 Å². The molecule has 0 aliphatic heterocycles. The summed E-state index contributed by atoms with van der Waals surface area (Å²) in [4.78, 5) is 2.44. The molecule has 1 aliphatic carbocycles. The first-order valence-electron chi connectivity index (χ1n) is 20.5. The Morgan fingerprint density at radius 1 is 0.386 bits per heavy atom. The number of aromatic nitrogens is 2. The number of para-hydroxylation sites is 3. The average Bonchev–Trinajstić information content (AvgIpc) is 3.81. The maximum Gasteiger partial charge on any atom is 0.0562 e. The van der Waals surface area contributed by atoms with Gasteiger partial charge in [0, 0.05) is 55.7 Å². The van der Waals surface area contributed by atoms with E-state index < -0.39 is 0 Å². The van der Waals surface area contributed by atoms with E-state index in [4.69, 9.17) is 0 Å². The fourth-order valence-electron chi connectivity index (χ4n) is 9.62. The predicted octanol–water partition coefficient (Wildman–Crippen LogP) is 15.2. The first-order chi connectivity index (χ1) is 28.3. The zero-order valence-corrected chi connectivity index (χ0v) is 31.9. The van der Waals surface area contributed by atoms with E-state index in [9.17, 15) is 0 Å². The van der Waals surface area contributed by atoms with Crippen LogP contribution in [-0.4, -0.2) is 9.13 Å². The van der Waals surface area contributed by atoms with Gasteiger partial charge in [-0.15, -0.1) is 0 Å². The summed E-state index contributed by atoms with van der Waals surface area (Å²) in [5, 5.41) is 5.17. The standard InChI is InChI=1S/C54H43N3/c1-4-15-38(16-5-1)39-27-32-44(33-28-39)55(51-25-14-26-52-54(51)48-22-11-13-24-50(48)56(52)42-17-6-2-7-18-42)45-34-29-40(30-35-45)41-31-36-47-46-21-10-12-23-49(46)57(53(47)37-41)43-19-8-3-9-20-43/h1-2,4-7,10-18,21-37,43H,3,8-9,19-20H2. The first-order valence-corrected chi connectivity index (χ1v) is 20.5. The molecular weight excluding hydrogens is 691 g/mol. The summed E-state index contributed by atoms with van der Waals surface area (Å²) < 4.78 is 5.06. The Morgan fingerprint density at radius 2 is 0.930 bits per heavy atom. The molecule has 0 spiro atoms. The van der Waals surface area contributed by atoms with E-state index in [2.05, 4.69) is 208 Å². The zero-order chi connectivity index (χ0) is 37.7.